The molecule has 0 radical (unpaired) electrons. The fraction of sp³-hybridized carbons (Fsp3) is 0.438. The predicted octanol–water partition coefficient (Wildman–Crippen LogP) is 2.20. The average Bonchev–Trinajstić information content (AvgIpc) is 2.88. The normalized spacial score (nSPS) is 12.5. The molecule has 0 fully saturated rings. The molecule has 0 aliphatic heterocycles. The molecule has 1 amide bonds. The van der Waals surface area contributed by atoms with Gasteiger partial charge < -0.3 is 16.0 Å². The average molecular weight is 273 g/mol. The van der Waals surface area contributed by atoms with Crippen LogP contribution in [-0.2, 0) is 11.2 Å². The van der Waals surface area contributed by atoms with E-state index in [2.05, 4.69) is 29.4 Å². The minimum absolute atomic E-state index is 0.116. The van der Waals surface area contributed by atoms with Crippen LogP contribution in [-0.4, -0.2) is 24.0 Å². The molecule has 4 nitrogen and oxygen atoms in total. The number of fused-ring (bicyclic) bond motifs is 1. The topological polar surface area (TPSA) is 70.9 Å². The van der Waals surface area contributed by atoms with Crippen LogP contribution in [0.5, 0.6) is 0 Å². The number of hydrogen-bond acceptors (Lipinski definition) is 2. The molecule has 1 unspecified atom stereocenters. The van der Waals surface area contributed by atoms with Gasteiger partial charge in [-0.1, -0.05) is 25.1 Å². The molecule has 0 bridgehead atoms. The Morgan fingerprint density at radius 2 is 2.20 bits per heavy atom. The molecule has 0 aliphatic rings. The van der Waals surface area contributed by atoms with E-state index in [-0.39, 0.29) is 5.91 Å². The molecule has 0 saturated carbocycles. The summed E-state index contributed by atoms with van der Waals surface area (Å²) in [4.78, 5) is 14.9. The van der Waals surface area contributed by atoms with E-state index in [0.717, 1.165) is 18.4 Å². The Labute approximate surface area is 119 Å². The van der Waals surface area contributed by atoms with Gasteiger partial charge in [-0.2, -0.15) is 0 Å². The van der Waals surface area contributed by atoms with Crippen LogP contribution < -0.4 is 11.1 Å². The van der Waals surface area contributed by atoms with Gasteiger partial charge in [-0.25, -0.2) is 0 Å². The molecule has 0 spiro atoms. The van der Waals surface area contributed by atoms with Crippen LogP contribution in [0.4, 0.5) is 0 Å². The monoisotopic (exact) mass is 273 g/mol. The van der Waals surface area contributed by atoms with Gasteiger partial charge in [0.15, 0.2) is 0 Å². The molecule has 0 aliphatic carbocycles. The molecule has 1 atom stereocenters. The minimum Gasteiger partial charge on any atom is -0.361 e. The molecule has 20 heavy (non-hydrogen) atoms. The Morgan fingerprint density at radius 1 is 1.40 bits per heavy atom. The lowest BCUT2D eigenvalue weighted by Crippen LogP contribution is -2.26. The summed E-state index contributed by atoms with van der Waals surface area (Å²) in [6, 6.07) is 8.22. The third kappa shape index (κ3) is 3.84. The van der Waals surface area contributed by atoms with Crippen LogP contribution in [0.1, 0.15) is 25.3 Å². The largest absolute Gasteiger partial charge is 0.361 e. The van der Waals surface area contributed by atoms with Crippen molar-refractivity contribution in [2.75, 3.05) is 13.1 Å². The summed E-state index contributed by atoms with van der Waals surface area (Å²) < 4.78 is 0. The van der Waals surface area contributed by atoms with Crippen molar-refractivity contribution in [1.29, 1.82) is 0 Å². The quantitative estimate of drug-likeness (QED) is 0.723. The van der Waals surface area contributed by atoms with E-state index in [1.165, 1.54) is 10.9 Å². The van der Waals surface area contributed by atoms with Crippen LogP contribution in [0.15, 0.2) is 30.5 Å². The summed E-state index contributed by atoms with van der Waals surface area (Å²) in [5.74, 6) is 0.527. The second-order valence-electron chi connectivity index (χ2n) is 5.34. The third-order valence-electron chi connectivity index (χ3n) is 3.66. The molecule has 1 aromatic carbocycles. The summed E-state index contributed by atoms with van der Waals surface area (Å²) in [5.41, 5.74) is 7.93. The number of benzene rings is 1. The van der Waals surface area contributed by atoms with E-state index in [1.807, 2.05) is 18.3 Å². The second kappa shape index (κ2) is 7.10. The van der Waals surface area contributed by atoms with Crippen molar-refractivity contribution >= 4 is 16.8 Å². The van der Waals surface area contributed by atoms with Crippen molar-refractivity contribution in [3.63, 3.8) is 0 Å². The van der Waals surface area contributed by atoms with Gasteiger partial charge in [-0.3, -0.25) is 4.79 Å². The zero-order valence-electron chi connectivity index (χ0n) is 12.0. The number of rotatable bonds is 7. The highest BCUT2D eigenvalue weighted by molar-refractivity contribution is 5.83. The van der Waals surface area contributed by atoms with E-state index in [9.17, 15) is 4.79 Å². The number of amides is 1. The predicted molar refractivity (Wildman–Crippen MR) is 82.5 cm³/mol. The van der Waals surface area contributed by atoms with E-state index < -0.39 is 0 Å². The highest BCUT2D eigenvalue weighted by Gasteiger charge is 2.06. The number of aromatic nitrogens is 1. The number of nitrogens with two attached hydrogens (primary N) is 1. The maximum absolute atomic E-state index is 11.7. The summed E-state index contributed by atoms with van der Waals surface area (Å²) >= 11 is 0. The number of para-hydroxylation sites is 1. The minimum atomic E-state index is 0.116. The zero-order valence-corrected chi connectivity index (χ0v) is 12.0. The highest BCUT2D eigenvalue weighted by Crippen LogP contribution is 2.17. The number of hydrogen-bond donors (Lipinski definition) is 3. The lowest BCUT2D eigenvalue weighted by Gasteiger charge is -2.08. The van der Waals surface area contributed by atoms with Crippen molar-refractivity contribution in [2.24, 2.45) is 11.7 Å². The molecule has 1 heterocycles. The number of aromatic amines is 1. The van der Waals surface area contributed by atoms with E-state index >= 15 is 0 Å². The standard InChI is InChI=1S/C16H23N3O/c1-12(10-17)6-7-16(20)18-9-8-13-11-19-15-5-3-2-4-14(13)15/h2-5,11-12,19H,6-10,17H2,1H3,(H,18,20). The Balaban J connectivity index is 1.77. The third-order valence-corrected chi connectivity index (χ3v) is 3.66. The molecular weight excluding hydrogens is 250 g/mol. The van der Waals surface area contributed by atoms with E-state index in [4.69, 9.17) is 5.73 Å². The van der Waals surface area contributed by atoms with Crippen LogP contribution in [0, 0.1) is 5.92 Å². The fourth-order valence-corrected chi connectivity index (χ4v) is 2.26. The first-order chi connectivity index (χ1) is 9.70. The van der Waals surface area contributed by atoms with Crippen molar-refractivity contribution in [2.45, 2.75) is 26.2 Å². The number of H-pyrrole nitrogens is 1. The molecule has 4 heteroatoms. The SMILES string of the molecule is CC(CN)CCC(=O)NCCc1c[nH]c2ccccc12. The van der Waals surface area contributed by atoms with Gasteiger partial charge in [0.1, 0.15) is 0 Å². The van der Waals surface area contributed by atoms with Gasteiger partial charge >= 0.3 is 0 Å². The maximum Gasteiger partial charge on any atom is 0.220 e. The summed E-state index contributed by atoms with van der Waals surface area (Å²) in [7, 11) is 0. The van der Waals surface area contributed by atoms with Gasteiger partial charge in [-0.15, -0.1) is 0 Å². The number of carbonyl (C=O) groups excluding carboxylic acids is 1. The second-order valence-corrected chi connectivity index (χ2v) is 5.34. The maximum atomic E-state index is 11.7. The van der Waals surface area contributed by atoms with Crippen molar-refractivity contribution in [1.82, 2.24) is 10.3 Å². The first kappa shape index (κ1) is 14.6. The summed E-state index contributed by atoms with van der Waals surface area (Å²) in [6.07, 6.45) is 4.29. The lowest BCUT2D eigenvalue weighted by molar-refractivity contribution is -0.121. The first-order valence-corrected chi connectivity index (χ1v) is 7.22. The molecule has 1 aromatic heterocycles. The first-order valence-electron chi connectivity index (χ1n) is 7.22. The van der Waals surface area contributed by atoms with Gasteiger partial charge in [-0.05, 0) is 36.9 Å². The highest BCUT2D eigenvalue weighted by atomic mass is 16.1. The van der Waals surface area contributed by atoms with Crippen LogP contribution in [0.25, 0.3) is 10.9 Å². The Morgan fingerprint density at radius 3 is 3.00 bits per heavy atom. The molecule has 4 N–H and O–H groups in total. The smallest absolute Gasteiger partial charge is 0.220 e. The lowest BCUT2D eigenvalue weighted by atomic mass is 10.1. The Bertz CT molecular complexity index is 562. The van der Waals surface area contributed by atoms with Gasteiger partial charge in [0.05, 0.1) is 0 Å². The number of carbonyl (C=O) groups is 1. The Hall–Kier alpha value is -1.81. The summed E-state index contributed by atoms with van der Waals surface area (Å²) in [6.45, 7) is 3.39. The van der Waals surface area contributed by atoms with Crippen molar-refractivity contribution in [3.8, 4) is 0 Å². The molecule has 2 rings (SSSR count). The zero-order chi connectivity index (χ0) is 14.4. The Kier molecular flexibility index (Phi) is 5.18. The van der Waals surface area contributed by atoms with E-state index in [1.54, 1.807) is 0 Å². The summed E-state index contributed by atoms with van der Waals surface area (Å²) in [5, 5.41) is 4.21. The van der Waals surface area contributed by atoms with Gasteiger partial charge in [0.25, 0.3) is 0 Å². The molecule has 0 saturated heterocycles. The van der Waals surface area contributed by atoms with Gasteiger partial charge in [0.2, 0.25) is 5.91 Å². The van der Waals surface area contributed by atoms with Crippen LogP contribution >= 0.6 is 0 Å². The van der Waals surface area contributed by atoms with Crippen molar-refractivity contribution < 1.29 is 4.79 Å². The van der Waals surface area contributed by atoms with Crippen LogP contribution in [0.2, 0.25) is 0 Å². The molecule has 108 valence electrons. The van der Waals surface area contributed by atoms with Gasteiger partial charge in [0, 0.05) is 30.1 Å². The van der Waals surface area contributed by atoms with E-state index in [0.29, 0.717) is 25.4 Å². The number of nitrogens with one attached hydrogen (secondary N) is 2. The molecular formula is C16H23N3O. The molecule has 2 aromatic rings. The van der Waals surface area contributed by atoms with Crippen molar-refractivity contribution in [3.05, 3.63) is 36.0 Å². The van der Waals surface area contributed by atoms with Crippen LogP contribution in [0.3, 0.4) is 0 Å². The fourth-order valence-electron chi connectivity index (χ4n) is 2.26.